The van der Waals surface area contributed by atoms with Crippen LogP contribution in [0.3, 0.4) is 0 Å². The maximum absolute atomic E-state index is 12.9. The Morgan fingerprint density at radius 3 is 2.21 bits per heavy atom. The summed E-state index contributed by atoms with van der Waals surface area (Å²) in [5, 5.41) is 19.2. The summed E-state index contributed by atoms with van der Waals surface area (Å²) in [4.78, 5) is 32.8. The Kier molecular flexibility index (Phi) is 5.74. The van der Waals surface area contributed by atoms with Crippen molar-refractivity contribution in [1.82, 2.24) is 0 Å². The second-order valence-electron chi connectivity index (χ2n) is 4.41. The third-order valence-electron chi connectivity index (χ3n) is 2.87. The molecule has 1 amide bonds. The molecule has 0 spiro atoms. The summed E-state index contributed by atoms with van der Waals surface area (Å²) in [5.74, 6) is -3.72. The molecule has 0 aliphatic carbocycles. The number of hydrogen-bond donors (Lipinski definition) is 2. The average Bonchev–Trinajstić information content (AvgIpc) is 2.51. The molecule has 1 aromatic carbocycles. The number of nitrogens with zero attached hydrogens (tertiary/aromatic N) is 1. The molecule has 132 valence electrons. The van der Waals surface area contributed by atoms with Gasteiger partial charge in [-0.25, -0.2) is 4.79 Å². The number of nitro groups is 1. The van der Waals surface area contributed by atoms with Crippen LogP contribution in [-0.2, 0) is 14.3 Å². The van der Waals surface area contributed by atoms with E-state index in [1.165, 1.54) is 0 Å². The molecule has 0 aliphatic rings. The Balaban J connectivity index is 3.03. The Morgan fingerprint density at radius 1 is 1.33 bits per heavy atom. The van der Waals surface area contributed by atoms with Gasteiger partial charge in [0.25, 0.3) is 11.3 Å². The molecule has 0 fully saturated rings. The number of methoxy groups -OCH3 is 1. The van der Waals surface area contributed by atoms with Crippen molar-refractivity contribution in [2.75, 3.05) is 12.4 Å². The number of amides is 1. The number of ether oxygens (including phenoxy) is 1. The van der Waals surface area contributed by atoms with E-state index >= 15 is 0 Å². The molecular weight excluding hydrogens is 361 g/mol. The van der Waals surface area contributed by atoms with Crippen molar-refractivity contribution in [1.29, 1.82) is 0 Å². The molecular formula is C12H10ClF3N2O6. The summed E-state index contributed by atoms with van der Waals surface area (Å²) < 4.78 is 42.7. The van der Waals surface area contributed by atoms with Gasteiger partial charge in [0, 0.05) is 17.8 Å². The summed E-state index contributed by atoms with van der Waals surface area (Å²) >= 11 is 5.34. The van der Waals surface area contributed by atoms with Gasteiger partial charge in [-0.1, -0.05) is 0 Å². The minimum Gasteiger partial charge on any atom is -0.467 e. The summed E-state index contributed by atoms with van der Waals surface area (Å²) in [7, 11) is 0.580. The van der Waals surface area contributed by atoms with E-state index < -0.39 is 34.0 Å². The monoisotopic (exact) mass is 370 g/mol. The molecule has 0 aromatic heterocycles. The van der Waals surface area contributed by atoms with E-state index in [0.29, 0.717) is 7.11 Å². The maximum Gasteiger partial charge on any atom is 0.430 e. The number of nitrogens with one attached hydrogen (secondary N) is 1. The quantitative estimate of drug-likeness (QED) is 0.352. The Morgan fingerprint density at radius 2 is 1.83 bits per heavy atom. The first-order valence-corrected chi connectivity index (χ1v) is 6.45. The van der Waals surface area contributed by atoms with E-state index in [0.717, 1.165) is 24.3 Å². The molecule has 2 atom stereocenters. The zero-order valence-electron chi connectivity index (χ0n) is 11.8. The molecule has 8 nitrogen and oxygen atoms in total. The van der Waals surface area contributed by atoms with E-state index in [9.17, 15) is 38.0 Å². The molecule has 0 unspecified atom stereocenters. The lowest BCUT2D eigenvalue weighted by atomic mass is 9.98. The van der Waals surface area contributed by atoms with Gasteiger partial charge in [0.05, 0.1) is 12.0 Å². The van der Waals surface area contributed by atoms with E-state index in [1.807, 2.05) is 5.32 Å². The SMILES string of the molecule is COC(=O)[C@](O)([C@H](Cl)C(=O)Nc1ccc([N+](=O)[O-])cc1)C(F)(F)F. The van der Waals surface area contributed by atoms with Crippen molar-refractivity contribution in [2.45, 2.75) is 17.2 Å². The minimum atomic E-state index is -5.58. The van der Waals surface area contributed by atoms with Crippen LogP contribution in [-0.4, -0.2) is 46.2 Å². The smallest absolute Gasteiger partial charge is 0.430 e. The van der Waals surface area contributed by atoms with Gasteiger partial charge in [-0.05, 0) is 12.1 Å². The molecule has 2 N–H and O–H groups in total. The number of hydrogen-bond acceptors (Lipinski definition) is 6. The van der Waals surface area contributed by atoms with Crippen LogP contribution in [0.1, 0.15) is 0 Å². The number of anilines is 1. The van der Waals surface area contributed by atoms with E-state index in [4.69, 9.17) is 11.6 Å². The first-order valence-electron chi connectivity index (χ1n) is 6.02. The summed E-state index contributed by atoms with van der Waals surface area (Å²) in [6, 6.07) is 4.03. The van der Waals surface area contributed by atoms with Gasteiger partial charge in [0.15, 0.2) is 5.38 Å². The summed E-state index contributed by atoms with van der Waals surface area (Å²) in [5.41, 5.74) is -4.73. The molecule has 0 bridgehead atoms. The van der Waals surface area contributed by atoms with Crippen LogP contribution in [0.5, 0.6) is 0 Å². The number of benzene rings is 1. The summed E-state index contributed by atoms with van der Waals surface area (Å²) in [6.45, 7) is 0. The molecule has 1 aromatic rings. The number of alkyl halides is 4. The number of non-ortho nitro benzene ring substituents is 1. The first kappa shape index (κ1) is 19.6. The Bertz CT molecular complexity index is 651. The van der Waals surface area contributed by atoms with Crippen LogP contribution in [0.25, 0.3) is 0 Å². The number of halogens is 4. The molecule has 12 heteroatoms. The predicted octanol–water partition coefficient (Wildman–Crippen LogP) is 1.61. The molecule has 0 saturated heterocycles. The molecule has 0 saturated carbocycles. The topological polar surface area (TPSA) is 119 Å². The van der Waals surface area contributed by atoms with Crippen LogP contribution < -0.4 is 5.32 Å². The highest BCUT2D eigenvalue weighted by molar-refractivity contribution is 6.35. The molecule has 0 radical (unpaired) electrons. The van der Waals surface area contributed by atoms with Gasteiger partial charge in [-0.3, -0.25) is 14.9 Å². The average molecular weight is 371 g/mol. The van der Waals surface area contributed by atoms with Crippen molar-refractivity contribution in [3.63, 3.8) is 0 Å². The lowest BCUT2D eigenvalue weighted by Crippen LogP contribution is -2.62. The number of aliphatic hydroxyl groups is 1. The van der Waals surface area contributed by atoms with Crippen LogP contribution in [0.2, 0.25) is 0 Å². The number of carbonyl (C=O) groups is 2. The van der Waals surface area contributed by atoms with E-state index in [-0.39, 0.29) is 11.4 Å². The Hall–Kier alpha value is -2.40. The summed E-state index contributed by atoms with van der Waals surface area (Å²) in [6.07, 6.45) is -5.58. The lowest BCUT2D eigenvalue weighted by Gasteiger charge is -2.30. The van der Waals surface area contributed by atoms with Gasteiger partial charge in [0.1, 0.15) is 0 Å². The second-order valence-corrected chi connectivity index (χ2v) is 4.85. The third-order valence-corrected chi connectivity index (χ3v) is 3.39. The van der Waals surface area contributed by atoms with Gasteiger partial charge in [-0.15, -0.1) is 11.6 Å². The third kappa shape index (κ3) is 3.74. The van der Waals surface area contributed by atoms with Crippen LogP contribution >= 0.6 is 11.6 Å². The van der Waals surface area contributed by atoms with E-state index in [2.05, 4.69) is 4.74 Å². The molecule has 24 heavy (non-hydrogen) atoms. The fraction of sp³-hybridized carbons (Fsp3) is 0.333. The second kappa shape index (κ2) is 7.01. The van der Waals surface area contributed by atoms with Gasteiger partial charge in [-0.2, -0.15) is 13.2 Å². The standard InChI is InChI=1S/C12H10ClF3N2O6/c1-24-10(20)11(21,12(14,15)16)8(13)9(19)17-6-2-4-7(5-3-6)18(22)23/h2-5,8,21H,1H3,(H,17,19)/t8-,11-/m1/s1. The molecule has 1 rings (SSSR count). The molecule has 0 aliphatic heterocycles. The maximum atomic E-state index is 12.9. The van der Waals surface area contributed by atoms with Gasteiger partial charge in [0.2, 0.25) is 5.91 Å². The molecule has 0 heterocycles. The fourth-order valence-electron chi connectivity index (χ4n) is 1.58. The van der Waals surface area contributed by atoms with Gasteiger partial charge < -0.3 is 15.2 Å². The number of nitro benzene ring substituents is 1. The van der Waals surface area contributed by atoms with Crippen molar-refractivity contribution in [3.8, 4) is 0 Å². The van der Waals surface area contributed by atoms with Crippen molar-refractivity contribution >= 4 is 34.9 Å². The lowest BCUT2D eigenvalue weighted by molar-refractivity contribution is -0.384. The Labute approximate surface area is 137 Å². The van der Waals surface area contributed by atoms with Gasteiger partial charge >= 0.3 is 12.1 Å². The van der Waals surface area contributed by atoms with E-state index in [1.54, 1.807) is 0 Å². The number of carbonyl (C=O) groups excluding carboxylic acids is 2. The first-order chi connectivity index (χ1) is 10.9. The van der Waals surface area contributed by atoms with Crippen LogP contribution in [0.4, 0.5) is 24.5 Å². The highest BCUT2D eigenvalue weighted by Gasteiger charge is 2.67. The normalized spacial score (nSPS) is 15.1. The van der Waals surface area contributed by atoms with Crippen LogP contribution in [0, 0.1) is 10.1 Å². The predicted molar refractivity (Wildman–Crippen MR) is 74.4 cm³/mol. The number of rotatable bonds is 5. The zero-order chi connectivity index (χ0) is 18.7. The minimum absolute atomic E-state index is 0.134. The van der Waals surface area contributed by atoms with Crippen LogP contribution in [0.15, 0.2) is 24.3 Å². The highest BCUT2D eigenvalue weighted by Crippen LogP contribution is 2.37. The van der Waals surface area contributed by atoms with Crippen molar-refractivity contribution in [2.24, 2.45) is 0 Å². The van der Waals surface area contributed by atoms with Crippen molar-refractivity contribution < 1.29 is 37.5 Å². The van der Waals surface area contributed by atoms with Crippen molar-refractivity contribution in [3.05, 3.63) is 34.4 Å². The fourth-order valence-corrected chi connectivity index (χ4v) is 1.85. The zero-order valence-corrected chi connectivity index (χ0v) is 12.6. The number of esters is 1. The largest absolute Gasteiger partial charge is 0.467 e. The highest BCUT2D eigenvalue weighted by atomic mass is 35.5.